The highest BCUT2D eigenvalue weighted by Gasteiger charge is 2.23. The predicted octanol–water partition coefficient (Wildman–Crippen LogP) is 2.25. The van der Waals surface area contributed by atoms with Crippen LogP contribution >= 0.6 is 0 Å². The molecule has 0 saturated carbocycles. The molecule has 0 bridgehead atoms. The summed E-state index contributed by atoms with van der Waals surface area (Å²) in [5, 5.41) is 11.8. The number of para-hydroxylation sites is 1. The molecular weight excluding hydrogens is 252 g/mol. The number of amides is 1. The van der Waals surface area contributed by atoms with Crippen molar-refractivity contribution in [2.45, 2.75) is 38.1 Å². The van der Waals surface area contributed by atoms with Crippen LogP contribution in [0.15, 0.2) is 30.3 Å². The number of likely N-dealkylation sites (tertiary alicyclic amines) is 1. The van der Waals surface area contributed by atoms with Crippen molar-refractivity contribution in [1.82, 2.24) is 4.90 Å². The molecule has 0 aliphatic carbocycles. The van der Waals surface area contributed by atoms with E-state index in [1.54, 1.807) is 0 Å². The van der Waals surface area contributed by atoms with Crippen LogP contribution in [0, 0.1) is 0 Å². The molecule has 20 heavy (non-hydrogen) atoms. The van der Waals surface area contributed by atoms with Crippen molar-refractivity contribution in [3.63, 3.8) is 0 Å². The summed E-state index contributed by atoms with van der Waals surface area (Å²) in [4.78, 5) is 14.3. The fraction of sp³-hybridized carbons (Fsp3) is 0.562. The van der Waals surface area contributed by atoms with E-state index in [0.717, 1.165) is 31.6 Å². The van der Waals surface area contributed by atoms with Gasteiger partial charge >= 0.3 is 0 Å². The summed E-state index contributed by atoms with van der Waals surface area (Å²) in [5.41, 5.74) is 0.857. The van der Waals surface area contributed by atoms with E-state index in [0.29, 0.717) is 12.5 Å². The molecule has 1 heterocycles. The van der Waals surface area contributed by atoms with Crippen molar-refractivity contribution in [1.29, 1.82) is 0 Å². The molecule has 4 heteroatoms. The van der Waals surface area contributed by atoms with E-state index in [1.807, 2.05) is 30.3 Å². The molecule has 4 nitrogen and oxygen atoms in total. The van der Waals surface area contributed by atoms with Crippen molar-refractivity contribution in [3.05, 3.63) is 30.3 Å². The molecule has 1 aromatic rings. The maximum Gasteiger partial charge on any atom is 0.225 e. The Kier molecular flexibility index (Phi) is 6.02. The van der Waals surface area contributed by atoms with Gasteiger partial charge in [-0.15, -0.1) is 0 Å². The molecule has 0 aromatic heterocycles. The molecule has 1 aliphatic heterocycles. The van der Waals surface area contributed by atoms with Crippen LogP contribution in [0.5, 0.6) is 0 Å². The minimum Gasteiger partial charge on any atom is -0.396 e. The number of rotatable bonds is 7. The number of aliphatic hydroxyl groups excluding tert-OH is 1. The van der Waals surface area contributed by atoms with Gasteiger partial charge in [0, 0.05) is 31.3 Å². The highest BCUT2D eigenvalue weighted by atomic mass is 16.2. The van der Waals surface area contributed by atoms with Crippen LogP contribution in [0.3, 0.4) is 0 Å². The maximum absolute atomic E-state index is 11.9. The van der Waals surface area contributed by atoms with Crippen molar-refractivity contribution in [2.24, 2.45) is 0 Å². The van der Waals surface area contributed by atoms with Gasteiger partial charge in [0.2, 0.25) is 5.91 Å². The minimum atomic E-state index is 0.0732. The van der Waals surface area contributed by atoms with Crippen LogP contribution in [0.2, 0.25) is 0 Å². The zero-order chi connectivity index (χ0) is 14.2. The van der Waals surface area contributed by atoms with Gasteiger partial charge < -0.3 is 10.4 Å². The fourth-order valence-electron chi connectivity index (χ4n) is 2.83. The van der Waals surface area contributed by atoms with Crippen LogP contribution in [-0.2, 0) is 4.79 Å². The van der Waals surface area contributed by atoms with Gasteiger partial charge in [0.1, 0.15) is 0 Å². The summed E-state index contributed by atoms with van der Waals surface area (Å²) in [6, 6.07) is 10.1. The quantitative estimate of drug-likeness (QED) is 0.803. The Balaban J connectivity index is 1.72. The lowest BCUT2D eigenvalue weighted by Crippen LogP contribution is -2.32. The molecule has 1 unspecified atom stereocenters. The lowest BCUT2D eigenvalue weighted by Gasteiger charge is -2.23. The van der Waals surface area contributed by atoms with E-state index in [4.69, 9.17) is 5.11 Å². The second kappa shape index (κ2) is 8.02. The second-order valence-corrected chi connectivity index (χ2v) is 5.36. The average Bonchev–Trinajstić information content (AvgIpc) is 2.91. The molecule has 1 aromatic carbocycles. The molecule has 1 aliphatic rings. The summed E-state index contributed by atoms with van der Waals surface area (Å²) in [5.74, 6) is 0.0732. The summed E-state index contributed by atoms with van der Waals surface area (Å²) >= 11 is 0. The summed E-state index contributed by atoms with van der Waals surface area (Å²) in [6.07, 6.45) is 4.83. The number of anilines is 1. The lowest BCUT2D eigenvalue weighted by molar-refractivity contribution is -0.116. The number of carbonyl (C=O) groups excluding carboxylic acids is 1. The summed E-state index contributed by atoms with van der Waals surface area (Å²) in [6.45, 7) is 2.16. The van der Waals surface area contributed by atoms with Crippen molar-refractivity contribution in [2.75, 3.05) is 25.0 Å². The molecule has 1 fully saturated rings. The normalized spacial score (nSPS) is 19.1. The number of aliphatic hydroxyl groups is 1. The summed E-state index contributed by atoms with van der Waals surface area (Å²) < 4.78 is 0. The lowest BCUT2D eigenvalue weighted by atomic mass is 10.1. The van der Waals surface area contributed by atoms with Crippen LogP contribution in [0.25, 0.3) is 0 Å². The van der Waals surface area contributed by atoms with Gasteiger partial charge in [-0.05, 0) is 44.4 Å². The molecule has 0 spiro atoms. The number of nitrogens with one attached hydrogen (secondary N) is 1. The third kappa shape index (κ3) is 4.62. The van der Waals surface area contributed by atoms with E-state index in [2.05, 4.69) is 10.2 Å². The van der Waals surface area contributed by atoms with Crippen molar-refractivity contribution in [3.8, 4) is 0 Å². The second-order valence-electron chi connectivity index (χ2n) is 5.36. The molecule has 2 N–H and O–H groups in total. The van der Waals surface area contributed by atoms with Gasteiger partial charge in [0.05, 0.1) is 0 Å². The van der Waals surface area contributed by atoms with Crippen molar-refractivity contribution < 1.29 is 9.90 Å². The fourth-order valence-corrected chi connectivity index (χ4v) is 2.83. The molecule has 2 rings (SSSR count). The van der Waals surface area contributed by atoms with Gasteiger partial charge in [0.15, 0.2) is 0 Å². The highest BCUT2D eigenvalue weighted by Crippen LogP contribution is 2.21. The number of nitrogens with zero attached hydrogens (tertiary/aromatic N) is 1. The van der Waals surface area contributed by atoms with Crippen LogP contribution in [0.1, 0.15) is 32.1 Å². The Bertz CT molecular complexity index is 408. The molecule has 0 radical (unpaired) electrons. The van der Waals surface area contributed by atoms with E-state index >= 15 is 0 Å². The first-order chi connectivity index (χ1) is 9.79. The highest BCUT2D eigenvalue weighted by molar-refractivity contribution is 5.90. The molecule has 1 atom stereocenters. The standard InChI is InChI=1S/C16H24N2O2/c19-13-5-9-15-8-4-11-18(15)12-10-16(20)17-14-6-2-1-3-7-14/h1-3,6-7,15,19H,4-5,8-13H2,(H,17,20). The van der Waals surface area contributed by atoms with Gasteiger partial charge in [-0.3, -0.25) is 9.69 Å². The number of benzene rings is 1. The first-order valence-electron chi connectivity index (χ1n) is 7.49. The Morgan fingerprint density at radius 3 is 2.90 bits per heavy atom. The third-order valence-corrected chi connectivity index (χ3v) is 3.88. The number of carbonyl (C=O) groups is 1. The van der Waals surface area contributed by atoms with Gasteiger partial charge in [0.25, 0.3) is 0 Å². The predicted molar refractivity (Wildman–Crippen MR) is 80.6 cm³/mol. The smallest absolute Gasteiger partial charge is 0.225 e. The van der Waals surface area contributed by atoms with Crippen LogP contribution in [0.4, 0.5) is 5.69 Å². The molecule has 110 valence electrons. The van der Waals surface area contributed by atoms with E-state index in [9.17, 15) is 4.79 Å². The maximum atomic E-state index is 11.9. The average molecular weight is 276 g/mol. The first-order valence-corrected chi connectivity index (χ1v) is 7.49. The zero-order valence-corrected chi connectivity index (χ0v) is 11.9. The van der Waals surface area contributed by atoms with Crippen LogP contribution in [-0.4, -0.2) is 41.7 Å². The molecule has 1 saturated heterocycles. The SMILES string of the molecule is O=C(CCN1CCCC1CCCO)Nc1ccccc1. The largest absolute Gasteiger partial charge is 0.396 e. The van der Waals surface area contributed by atoms with Gasteiger partial charge in [-0.1, -0.05) is 18.2 Å². The topological polar surface area (TPSA) is 52.6 Å². The Morgan fingerprint density at radius 2 is 2.15 bits per heavy atom. The Hall–Kier alpha value is -1.39. The van der Waals surface area contributed by atoms with Crippen LogP contribution < -0.4 is 5.32 Å². The van der Waals surface area contributed by atoms with E-state index < -0.39 is 0 Å². The monoisotopic (exact) mass is 276 g/mol. The van der Waals surface area contributed by atoms with E-state index in [-0.39, 0.29) is 12.5 Å². The minimum absolute atomic E-state index is 0.0732. The molecular formula is C16H24N2O2. The Labute approximate surface area is 120 Å². The zero-order valence-electron chi connectivity index (χ0n) is 11.9. The number of hydrogen-bond donors (Lipinski definition) is 2. The van der Waals surface area contributed by atoms with Crippen molar-refractivity contribution >= 4 is 11.6 Å². The number of hydrogen-bond acceptors (Lipinski definition) is 3. The van der Waals surface area contributed by atoms with Gasteiger partial charge in [-0.25, -0.2) is 0 Å². The van der Waals surface area contributed by atoms with Gasteiger partial charge in [-0.2, -0.15) is 0 Å². The Morgan fingerprint density at radius 1 is 1.35 bits per heavy atom. The summed E-state index contributed by atoms with van der Waals surface area (Å²) in [7, 11) is 0. The van der Waals surface area contributed by atoms with E-state index in [1.165, 1.54) is 12.8 Å². The molecule has 1 amide bonds. The third-order valence-electron chi connectivity index (χ3n) is 3.88. The first kappa shape index (κ1) is 15.0.